The summed E-state index contributed by atoms with van der Waals surface area (Å²) < 4.78 is 27.1. The number of aryl methyl sites for hydroxylation is 1. The molecule has 0 spiro atoms. The van der Waals surface area contributed by atoms with Gasteiger partial charge in [0.2, 0.25) is 0 Å². The van der Waals surface area contributed by atoms with Crippen LogP contribution in [0.2, 0.25) is 0 Å². The Bertz CT molecular complexity index is 1210. The van der Waals surface area contributed by atoms with Gasteiger partial charge in [0, 0.05) is 30.4 Å². The maximum Gasteiger partial charge on any atom is 0.271 e. The Hall–Kier alpha value is -3.72. The van der Waals surface area contributed by atoms with Crippen LogP contribution in [0.4, 0.5) is 17.1 Å². The molecule has 0 bridgehead atoms. The minimum Gasteiger partial charge on any atom is -0.322 e. The molecule has 1 N–H and O–H groups in total. The number of nitrogens with zero attached hydrogens (tertiary/aromatic N) is 2. The smallest absolute Gasteiger partial charge is 0.271 e. The highest BCUT2D eigenvalue weighted by atomic mass is 32.2. The minimum atomic E-state index is -3.89. The number of benzene rings is 3. The number of hydrogen-bond acceptors (Lipinski definition) is 5. The molecule has 0 atom stereocenters. The summed E-state index contributed by atoms with van der Waals surface area (Å²) in [5.41, 5.74) is 1.68. The fourth-order valence-corrected chi connectivity index (χ4v) is 3.99. The van der Waals surface area contributed by atoms with Crippen molar-refractivity contribution < 1.29 is 18.1 Å². The maximum atomic E-state index is 13.0. The molecule has 3 rings (SSSR count). The molecule has 0 aliphatic carbocycles. The van der Waals surface area contributed by atoms with Gasteiger partial charge < -0.3 is 5.32 Å². The van der Waals surface area contributed by atoms with Gasteiger partial charge in [-0.25, -0.2) is 8.42 Å². The lowest BCUT2D eigenvalue weighted by molar-refractivity contribution is -0.384. The maximum absolute atomic E-state index is 13.0. The highest BCUT2D eigenvalue weighted by molar-refractivity contribution is 7.92. The van der Waals surface area contributed by atoms with Gasteiger partial charge in [-0.3, -0.25) is 19.2 Å². The molecule has 9 heteroatoms. The van der Waals surface area contributed by atoms with Crippen molar-refractivity contribution in [2.45, 2.75) is 11.8 Å². The van der Waals surface area contributed by atoms with Gasteiger partial charge in [-0.1, -0.05) is 29.8 Å². The van der Waals surface area contributed by atoms with E-state index in [2.05, 4.69) is 5.32 Å². The Balaban J connectivity index is 1.86. The number of carbonyl (C=O) groups excluding carboxylic acids is 1. The third-order valence-electron chi connectivity index (χ3n) is 4.47. The zero-order valence-corrected chi connectivity index (χ0v) is 17.1. The van der Waals surface area contributed by atoms with Crippen LogP contribution >= 0.6 is 0 Å². The first-order chi connectivity index (χ1) is 14.2. The van der Waals surface area contributed by atoms with Crippen LogP contribution in [0.5, 0.6) is 0 Å². The van der Waals surface area contributed by atoms with Crippen molar-refractivity contribution in [3.63, 3.8) is 0 Å². The lowest BCUT2D eigenvalue weighted by atomic mass is 10.2. The fraction of sp³-hybridized carbons (Fsp3) is 0.0952. The molecule has 30 heavy (non-hydrogen) atoms. The van der Waals surface area contributed by atoms with Gasteiger partial charge >= 0.3 is 0 Å². The van der Waals surface area contributed by atoms with Crippen LogP contribution < -0.4 is 9.62 Å². The van der Waals surface area contributed by atoms with E-state index < -0.39 is 20.9 Å². The molecule has 3 aromatic rings. The van der Waals surface area contributed by atoms with Crippen molar-refractivity contribution in [2.24, 2.45) is 0 Å². The van der Waals surface area contributed by atoms with Crippen LogP contribution in [-0.4, -0.2) is 26.3 Å². The first-order valence-electron chi connectivity index (χ1n) is 8.90. The standard InChI is InChI=1S/C21H19N3O5S/c1-15-9-11-18(12-10-15)23(2)30(28,29)20-8-3-5-16(13-20)21(25)22-17-6-4-7-19(14-17)24(26)27/h3-14H,1-2H3,(H,22,25). The molecule has 0 saturated carbocycles. The second-order valence-corrected chi connectivity index (χ2v) is 8.57. The molecule has 0 aromatic heterocycles. The Labute approximate surface area is 174 Å². The van der Waals surface area contributed by atoms with Crippen LogP contribution in [0.1, 0.15) is 15.9 Å². The third kappa shape index (κ3) is 4.47. The van der Waals surface area contributed by atoms with Crippen molar-refractivity contribution in [3.05, 3.63) is 94.0 Å². The van der Waals surface area contributed by atoms with Crippen LogP contribution in [0.15, 0.2) is 77.7 Å². The SMILES string of the molecule is Cc1ccc(N(C)S(=O)(=O)c2cccc(C(=O)Nc3cccc([N+](=O)[O-])c3)c2)cc1. The lowest BCUT2D eigenvalue weighted by Gasteiger charge is -2.20. The van der Waals surface area contributed by atoms with Gasteiger partial charge in [-0.15, -0.1) is 0 Å². The van der Waals surface area contributed by atoms with Crippen molar-refractivity contribution >= 4 is 33.0 Å². The average Bonchev–Trinajstić information content (AvgIpc) is 2.74. The summed E-state index contributed by atoms with van der Waals surface area (Å²) in [5, 5.41) is 13.4. The second kappa shape index (κ2) is 8.34. The number of sulfonamides is 1. The van der Waals surface area contributed by atoms with E-state index in [0.29, 0.717) is 5.69 Å². The van der Waals surface area contributed by atoms with Crippen molar-refractivity contribution in [1.82, 2.24) is 0 Å². The average molecular weight is 425 g/mol. The highest BCUT2D eigenvalue weighted by Crippen LogP contribution is 2.24. The normalized spacial score (nSPS) is 11.0. The topological polar surface area (TPSA) is 110 Å². The largest absolute Gasteiger partial charge is 0.322 e. The number of nitro benzene ring substituents is 1. The molecule has 1 amide bonds. The third-order valence-corrected chi connectivity index (χ3v) is 6.25. The predicted molar refractivity (Wildman–Crippen MR) is 114 cm³/mol. The van der Waals surface area contributed by atoms with Gasteiger partial charge in [0.25, 0.3) is 21.6 Å². The quantitative estimate of drug-likeness (QED) is 0.474. The summed E-state index contributed by atoms with van der Waals surface area (Å²) in [7, 11) is -2.45. The number of carbonyl (C=O) groups is 1. The molecule has 154 valence electrons. The number of rotatable bonds is 6. The summed E-state index contributed by atoms with van der Waals surface area (Å²) in [6.45, 7) is 1.90. The predicted octanol–water partition coefficient (Wildman–Crippen LogP) is 3.98. The van der Waals surface area contributed by atoms with Crippen molar-refractivity contribution in [3.8, 4) is 0 Å². The van der Waals surface area contributed by atoms with Gasteiger partial charge in [-0.05, 0) is 43.3 Å². The van der Waals surface area contributed by atoms with Crippen LogP contribution in [0, 0.1) is 17.0 Å². The molecule has 0 fully saturated rings. The Morgan fingerprint density at radius 1 is 1.00 bits per heavy atom. The number of non-ortho nitro benzene ring substituents is 1. The number of amides is 1. The lowest BCUT2D eigenvalue weighted by Crippen LogP contribution is -2.26. The summed E-state index contributed by atoms with van der Waals surface area (Å²) in [6, 6.07) is 18.1. The highest BCUT2D eigenvalue weighted by Gasteiger charge is 2.22. The van der Waals surface area contributed by atoms with Crippen molar-refractivity contribution in [2.75, 3.05) is 16.7 Å². The molecule has 0 aliphatic heterocycles. The molecule has 0 radical (unpaired) electrons. The minimum absolute atomic E-state index is 0.0442. The van der Waals surface area contributed by atoms with E-state index in [4.69, 9.17) is 0 Å². The molecule has 0 saturated heterocycles. The molecule has 0 aliphatic rings. The Kier molecular flexibility index (Phi) is 5.84. The molecule has 0 unspecified atom stereocenters. The summed E-state index contributed by atoms with van der Waals surface area (Å²) in [4.78, 5) is 22.8. The first kappa shape index (κ1) is 21.0. The van der Waals surface area contributed by atoms with Crippen molar-refractivity contribution in [1.29, 1.82) is 0 Å². The van der Waals surface area contributed by atoms with E-state index in [0.717, 1.165) is 9.87 Å². The molecular weight excluding hydrogens is 406 g/mol. The number of nitro groups is 1. The van der Waals surface area contributed by atoms with Gasteiger partial charge in [0.1, 0.15) is 0 Å². The molecule has 0 heterocycles. The fourth-order valence-electron chi connectivity index (χ4n) is 2.75. The molecule has 8 nitrogen and oxygen atoms in total. The van der Waals surface area contributed by atoms with E-state index in [9.17, 15) is 23.3 Å². The zero-order valence-electron chi connectivity index (χ0n) is 16.3. The number of hydrogen-bond donors (Lipinski definition) is 1. The van der Waals surface area contributed by atoms with Crippen LogP contribution in [0.25, 0.3) is 0 Å². The van der Waals surface area contributed by atoms with E-state index in [1.54, 1.807) is 12.1 Å². The monoisotopic (exact) mass is 425 g/mol. The Morgan fingerprint density at radius 3 is 2.33 bits per heavy atom. The van der Waals surface area contributed by atoms with E-state index >= 15 is 0 Å². The second-order valence-electron chi connectivity index (χ2n) is 6.60. The molecule has 3 aromatic carbocycles. The van der Waals surface area contributed by atoms with E-state index in [1.165, 1.54) is 55.6 Å². The summed E-state index contributed by atoms with van der Waals surface area (Å²) in [6.07, 6.45) is 0. The number of anilines is 2. The summed E-state index contributed by atoms with van der Waals surface area (Å²) >= 11 is 0. The van der Waals surface area contributed by atoms with Gasteiger partial charge in [0.05, 0.1) is 15.5 Å². The van der Waals surface area contributed by atoms with Crippen LogP contribution in [0.3, 0.4) is 0 Å². The zero-order chi connectivity index (χ0) is 21.9. The first-order valence-corrected chi connectivity index (χ1v) is 10.3. The van der Waals surface area contributed by atoms with E-state index in [1.807, 2.05) is 19.1 Å². The van der Waals surface area contributed by atoms with Crippen LogP contribution in [-0.2, 0) is 10.0 Å². The molecular formula is C21H19N3O5S. The van der Waals surface area contributed by atoms with E-state index in [-0.39, 0.29) is 21.8 Å². The number of nitrogens with one attached hydrogen (secondary N) is 1. The van der Waals surface area contributed by atoms with Gasteiger partial charge in [0.15, 0.2) is 0 Å². The summed E-state index contributed by atoms with van der Waals surface area (Å²) in [5.74, 6) is -0.578. The van der Waals surface area contributed by atoms with Gasteiger partial charge in [-0.2, -0.15) is 0 Å². The Morgan fingerprint density at radius 2 is 1.67 bits per heavy atom.